The highest BCUT2D eigenvalue weighted by Crippen LogP contribution is 2.17. The van der Waals surface area contributed by atoms with Crippen molar-refractivity contribution >= 4 is 22.4 Å². The lowest BCUT2D eigenvalue weighted by atomic mass is 10.1. The molecule has 1 aromatic carbocycles. The van der Waals surface area contributed by atoms with Crippen LogP contribution in [0.25, 0.3) is 0 Å². The van der Waals surface area contributed by atoms with Crippen LogP contribution in [0.1, 0.15) is 36.8 Å². The lowest BCUT2D eigenvalue weighted by Crippen LogP contribution is -2.12. The van der Waals surface area contributed by atoms with Crippen LogP contribution >= 0.6 is 11.3 Å². The predicted molar refractivity (Wildman–Crippen MR) is 81.9 cm³/mol. The molecule has 0 unspecified atom stereocenters. The van der Waals surface area contributed by atoms with Gasteiger partial charge in [0.1, 0.15) is 10.8 Å². The third-order valence-electron chi connectivity index (χ3n) is 2.99. The van der Waals surface area contributed by atoms with E-state index in [1.54, 1.807) is 6.07 Å². The minimum Gasteiger partial charge on any atom is -0.301 e. The summed E-state index contributed by atoms with van der Waals surface area (Å²) in [5.41, 5.74) is 0.811. The highest BCUT2D eigenvalue weighted by atomic mass is 32.1. The molecule has 0 saturated carbocycles. The lowest BCUT2D eigenvalue weighted by molar-refractivity contribution is -0.116. The highest BCUT2D eigenvalue weighted by Gasteiger charge is 2.08. The van der Waals surface area contributed by atoms with Gasteiger partial charge in [0.05, 0.1) is 0 Å². The van der Waals surface area contributed by atoms with Crippen molar-refractivity contribution in [1.29, 1.82) is 0 Å². The van der Waals surface area contributed by atoms with E-state index in [9.17, 15) is 9.18 Å². The molecule has 6 heteroatoms. The summed E-state index contributed by atoms with van der Waals surface area (Å²) < 4.78 is 13.0. The van der Waals surface area contributed by atoms with Gasteiger partial charge in [0, 0.05) is 12.8 Å². The Morgan fingerprint density at radius 3 is 2.95 bits per heavy atom. The number of nitrogens with zero attached hydrogens (tertiary/aromatic N) is 2. The van der Waals surface area contributed by atoms with Gasteiger partial charge in [0.15, 0.2) is 0 Å². The predicted octanol–water partition coefficient (Wildman–Crippen LogP) is 3.59. The first-order valence-electron chi connectivity index (χ1n) is 7.04. The number of aryl methyl sites for hydroxylation is 2. The van der Waals surface area contributed by atoms with Crippen molar-refractivity contribution in [3.05, 3.63) is 40.7 Å². The molecule has 21 heavy (non-hydrogen) atoms. The highest BCUT2D eigenvalue weighted by molar-refractivity contribution is 7.15. The van der Waals surface area contributed by atoms with Gasteiger partial charge in [-0.15, -0.1) is 10.2 Å². The Bertz CT molecular complexity index is 600. The number of hydrogen-bond donors (Lipinski definition) is 1. The van der Waals surface area contributed by atoms with Gasteiger partial charge >= 0.3 is 0 Å². The number of unbranched alkanes of at least 4 members (excludes halogenated alkanes) is 1. The Morgan fingerprint density at radius 1 is 1.33 bits per heavy atom. The molecule has 1 heterocycles. The first-order valence-corrected chi connectivity index (χ1v) is 7.85. The topological polar surface area (TPSA) is 54.9 Å². The second-order valence-electron chi connectivity index (χ2n) is 4.78. The molecule has 2 rings (SSSR count). The minimum atomic E-state index is -0.280. The number of nitrogens with one attached hydrogen (secondary N) is 1. The van der Waals surface area contributed by atoms with Gasteiger partial charge in [-0.3, -0.25) is 4.79 Å². The summed E-state index contributed by atoms with van der Waals surface area (Å²) >= 11 is 1.41. The zero-order valence-electron chi connectivity index (χ0n) is 11.9. The second kappa shape index (κ2) is 7.83. The molecule has 1 N–H and O–H groups in total. The van der Waals surface area contributed by atoms with E-state index in [-0.39, 0.29) is 11.7 Å². The fourth-order valence-corrected chi connectivity index (χ4v) is 2.66. The number of carbonyl (C=O) groups is 1. The van der Waals surface area contributed by atoms with Crippen LogP contribution < -0.4 is 5.32 Å². The Morgan fingerprint density at radius 2 is 2.19 bits per heavy atom. The largest absolute Gasteiger partial charge is 0.301 e. The van der Waals surface area contributed by atoms with E-state index in [4.69, 9.17) is 0 Å². The SMILES string of the molecule is CCCCc1nnc(NC(=O)CCc2cccc(F)c2)s1. The molecule has 0 radical (unpaired) electrons. The summed E-state index contributed by atoms with van der Waals surface area (Å²) in [6.45, 7) is 2.12. The number of amides is 1. The van der Waals surface area contributed by atoms with Crippen LogP contribution in [0, 0.1) is 5.82 Å². The van der Waals surface area contributed by atoms with Crippen LogP contribution in [0.2, 0.25) is 0 Å². The van der Waals surface area contributed by atoms with Gasteiger partial charge < -0.3 is 5.32 Å². The Labute approximate surface area is 127 Å². The molecule has 0 fully saturated rings. The molecule has 0 spiro atoms. The van der Waals surface area contributed by atoms with E-state index < -0.39 is 0 Å². The smallest absolute Gasteiger partial charge is 0.226 e. The maximum Gasteiger partial charge on any atom is 0.226 e. The average Bonchev–Trinajstić information content (AvgIpc) is 2.90. The van der Waals surface area contributed by atoms with Crippen LogP contribution in [0.5, 0.6) is 0 Å². The van der Waals surface area contributed by atoms with Gasteiger partial charge in [-0.05, 0) is 30.5 Å². The summed E-state index contributed by atoms with van der Waals surface area (Å²) in [5, 5.41) is 12.2. The Balaban J connectivity index is 1.80. The average molecular weight is 307 g/mol. The van der Waals surface area contributed by atoms with Crippen LogP contribution in [0.4, 0.5) is 9.52 Å². The zero-order chi connectivity index (χ0) is 15.1. The van der Waals surface area contributed by atoms with Crippen molar-refractivity contribution < 1.29 is 9.18 Å². The van der Waals surface area contributed by atoms with Crippen molar-refractivity contribution in [2.45, 2.75) is 39.0 Å². The van der Waals surface area contributed by atoms with E-state index >= 15 is 0 Å². The van der Waals surface area contributed by atoms with Crippen LogP contribution in [0.3, 0.4) is 0 Å². The first-order chi connectivity index (χ1) is 10.2. The molecule has 1 amide bonds. The molecule has 0 aliphatic carbocycles. The number of carbonyl (C=O) groups excluding carboxylic acids is 1. The quantitative estimate of drug-likeness (QED) is 0.850. The third kappa shape index (κ3) is 5.23. The van der Waals surface area contributed by atoms with Crippen molar-refractivity contribution in [1.82, 2.24) is 10.2 Å². The molecule has 4 nitrogen and oxygen atoms in total. The Hall–Kier alpha value is -1.82. The number of hydrogen-bond acceptors (Lipinski definition) is 4. The number of anilines is 1. The fraction of sp³-hybridized carbons (Fsp3) is 0.400. The van der Waals surface area contributed by atoms with Crippen molar-refractivity contribution in [2.75, 3.05) is 5.32 Å². The lowest BCUT2D eigenvalue weighted by Gasteiger charge is -2.02. The molecule has 0 bridgehead atoms. The van der Waals surface area contributed by atoms with Crippen LogP contribution in [0.15, 0.2) is 24.3 Å². The molecular formula is C15H18FN3OS. The molecule has 0 atom stereocenters. The summed E-state index contributed by atoms with van der Waals surface area (Å²) in [4.78, 5) is 11.8. The number of halogens is 1. The second-order valence-corrected chi connectivity index (χ2v) is 5.84. The summed E-state index contributed by atoms with van der Waals surface area (Å²) in [5.74, 6) is -0.407. The molecular weight excluding hydrogens is 289 g/mol. The third-order valence-corrected chi connectivity index (χ3v) is 3.89. The zero-order valence-corrected chi connectivity index (χ0v) is 12.8. The molecule has 0 aliphatic heterocycles. The normalized spacial score (nSPS) is 10.6. The van der Waals surface area contributed by atoms with Gasteiger partial charge in [-0.25, -0.2) is 4.39 Å². The summed E-state index contributed by atoms with van der Waals surface area (Å²) in [6, 6.07) is 6.29. The molecule has 0 aliphatic rings. The van der Waals surface area contributed by atoms with Gasteiger partial charge in [0.2, 0.25) is 11.0 Å². The first kappa shape index (κ1) is 15.6. The minimum absolute atomic E-state index is 0.127. The number of aromatic nitrogens is 2. The van der Waals surface area contributed by atoms with Crippen molar-refractivity contribution in [3.63, 3.8) is 0 Å². The molecule has 112 valence electrons. The van der Waals surface area contributed by atoms with Gasteiger partial charge in [0.25, 0.3) is 0 Å². The molecule has 2 aromatic rings. The standard InChI is InChI=1S/C15H18FN3OS/c1-2-3-7-14-18-19-15(21-14)17-13(20)9-8-11-5-4-6-12(16)10-11/h4-6,10H,2-3,7-9H2,1H3,(H,17,19,20). The molecule has 1 aromatic heterocycles. The van der Waals surface area contributed by atoms with Crippen LogP contribution in [-0.4, -0.2) is 16.1 Å². The van der Waals surface area contributed by atoms with Crippen molar-refractivity contribution in [2.24, 2.45) is 0 Å². The van der Waals surface area contributed by atoms with E-state index in [0.29, 0.717) is 18.0 Å². The van der Waals surface area contributed by atoms with E-state index in [2.05, 4.69) is 22.4 Å². The van der Waals surface area contributed by atoms with Gasteiger partial charge in [-0.2, -0.15) is 0 Å². The maximum absolute atomic E-state index is 13.0. The number of rotatable bonds is 7. The van der Waals surface area contributed by atoms with E-state index in [0.717, 1.165) is 29.8 Å². The van der Waals surface area contributed by atoms with Crippen LogP contribution in [-0.2, 0) is 17.6 Å². The Kier molecular flexibility index (Phi) is 5.80. The number of benzene rings is 1. The van der Waals surface area contributed by atoms with E-state index in [1.807, 2.05) is 6.07 Å². The fourth-order valence-electron chi connectivity index (χ4n) is 1.87. The summed E-state index contributed by atoms with van der Waals surface area (Å²) in [7, 11) is 0. The van der Waals surface area contributed by atoms with Crippen molar-refractivity contribution in [3.8, 4) is 0 Å². The van der Waals surface area contributed by atoms with Gasteiger partial charge in [-0.1, -0.05) is 36.8 Å². The summed E-state index contributed by atoms with van der Waals surface area (Å²) in [6.07, 6.45) is 3.88. The van der Waals surface area contributed by atoms with E-state index in [1.165, 1.54) is 23.5 Å². The molecule has 0 saturated heterocycles. The monoisotopic (exact) mass is 307 g/mol. The maximum atomic E-state index is 13.0.